The largest absolute Gasteiger partial charge is 0.344 e. The summed E-state index contributed by atoms with van der Waals surface area (Å²) in [6.45, 7) is 4.14. The Morgan fingerprint density at radius 2 is 1.96 bits per heavy atom. The fraction of sp³-hybridized carbons (Fsp3) is 0.222. The molecule has 0 saturated carbocycles. The van der Waals surface area contributed by atoms with Gasteiger partial charge in [-0.2, -0.15) is 0 Å². The van der Waals surface area contributed by atoms with Crippen LogP contribution in [0.25, 0.3) is 10.9 Å². The topological polar surface area (TPSA) is 62.0 Å². The Labute approximate surface area is 138 Å². The van der Waals surface area contributed by atoms with Gasteiger partial charge in [-0.25, -0.2) is 0 Å². The number of amides is 1. The number of aromatic nitrogens is 1. The SMILES string of the molecule is CC(C)[C@@H](NC(=O)c1cc(=O)[nH]c2ccccc12)c1cccs1. The maximum atomic E-state index is 12.8. The van der Waals surface area contributed by atoms with Crippen LogP contribution < -0.4 is 10.9 Å². The third-order valence-corrected chi connectivity index (χ3v) is 4.75. The number of aromatic amines is 1. The molecule has 0 aliphatic carbocycles. The Kier molecular flexibility index (Phi) is 4.30. The van der Waals surface area contributed by atoms with E-state index in [0.717, 1.165) is 10.3 Å². The number of carbonyl (C=O) groups is 1. The number of rotatable bonds is 4. The van der Waals surface area contributed by atoms with Crippen LogP contribution in [0.15, 0.2) is 52.6 Å². The van der Waals surface area contributed by atoms with E-state index in [4.69, 9.17) is 0 Å². The number of carbonyl (C=O) groups excluding carboxylic acids is 1. The lowest BCUT2D eigenvalue weighted by molar-refractivity contribution is 0.0928. The van der Waals surface area contributed by atoms with E-state index in [0.29, 0.717) is 11.1 Å². The van der Waals surface area contributed by atoms with Crippen molar-refractivity contribution in [2.75, 3.05) is 0 Å². The maximum Gasteiger partial charge on any atom is 0.252 e. The van der Waals surface area contributed by atoms with E-state index in [-0.39, 0.29) is 23.4 Å². The van der Waals surface area contributed by atoms with Crippen LogP contribution in [0.4, 0.5) is 0 Å². The number of H-pyrrole nitrogens is 1. The van der Waals surface area contributed by atoms with E-state index < -0.39 is 0 Å². The van der Waals surface area contributed by atoms with Gasteiger partial charge < -0.3 is 10.3 Å². The zero-order chi connectivity index (χ0) is 16.4. The molecule has 1 aromatic carbocycles. The third kappa shape index (κ3) is 3.19. The molecule has 0 radical (unpaired) electrons. The summed E-state index contributed by atoms with van der Waals surface area (Å²) in [5.74, 6) is 0.0326. The van der Waals surface area contributed by atoms with Gasteiger partial charge in [0.2, 0.25) is 5.56 Å². The molecule has 118 valence electrons. The molecular weight excluding hydrogens is 308 g/mol. The summed E-state index contributed by atoms with van der Waals surface area (Å²) in [5, 5.41) is 5.82. The van der Waals surface area contributed by atoms with Gasteiger partial charge in [-0.3, -0.25) is 9.59 Å². The van der Waals surface area contributed by atoms with Gasteiger partial charge in [-0.15, -0.1) is 11.3 Å². The molecule has 1 amide bonds. The predicted molar refractivity (Wildman–Crippen MR) is 93.9 cm³/mol. The molecule has 5 heteroatoms. The summed E-state index contributed by atoms with van der Waals surface area (Å²) in [5.41, 5.74) is 0.806. The molecule has 0 aliphatic heterocycles. The van der Waals surface area contributed by atoms with E-state index in [1.54, 1.807) is 17.4 Å². The molecule has 2 heterocycles. The van der Waals surface area contributed by atoms with Crippen LogP contribution in [0.3, 0.4) is 0 Å². The lowest BCUT2D eigenvalue weighted by Crippen LogP contribution is -2.32. The lowest BCUT2D eigenvalue weighted by Gasteiger charge is -2.21. The Bertz CT molecular complexity index is 881. The second-order valence-corrected chi connectivity index (χ2v) is 6.78. The molecule has 23 heavy (non-hydrogen) atoms. The molecular formula is C18H18N2O2S. The Morgan fingerprint density at radius 3 is 2.65 bits per heavy atom. The highest BCUT2D eigenvalue weighted by molar-refractivity contribution is 7.10. The molecule has 4 nitrogen and oxygen atoms in total. The minimum Gasteiger partial charge on any atom is -0.344 e. The molecule has 0 spiro atoms. The molecule has 0 bridgehead atoms. The Hall–Kier alpha value is -2.40. The van der Waals surface area contributed by atoms with Crippen molar-refractivity contribution < 1.29 is 4.79 Å². The van der Waals surface area contributed by atoms with Crippen molar-refractivity contribution in [1.29, 1.82) is 0 Å². The number of thiophene rings is 1. The molecule has 2 aromatic heterocycles. The highest BCUT2D eigenvalue weighted by Crippen LogP contribution is 2.26. The Morgan fingerprint density at radius 1 is 1.17 bits per heavy atom. The molecule has 0 fully saturated rings. The van der Waals surface area contributed by atoms with Gasteiger partial charge in [0.25, 0.3) is 5.91 Å². The quantitative estimate of drug-likeness (QED) is 0.767. The van der Waals surface area contributed by atoms with Gasteiger partial charge in [0.1, 0.15) is 0 Å². The van der Waals surface area contributed by atoms with Crippen LogP contribution >= 0.6 is 11.3 Å². The maximum absolute atomic E-state index is 12.8. The second kappa shape index (κ2) is 6.38. The van der Waals surface area contributed by atoms with Crippen LogP contribution in [-0.2, 0) is 0 Å². The van der Waals surface area contributed by atoms with Crippen LogP contribution in [0.5, 0.6) is 0 Å². The first-order valence-electron chi connectivity index (χ1n) is 7.52. The van der Waals surface area contributed by atoms with Gasteiger partial charge in [0.15, 0.2) is 0 Å². The number of para-hydroxylation sites is 1. The monoisotopic (exact) mass is 326 g/mol. The number of hydrogen-bond donors (Lipinski definition) is 2. The van der Waals surface area contributed by atoms with Gasteiger partial charge >= 0.3 is 0 Å². The summed E-state index contributed by atoms with van der Waals surface area (Å²) >= 11 is 1.62. The highest BCUT2D eigenvalue weighted by Gasteiger charge is 2.21. The van der Waals surface area contributed by atoms with E-state index in [1.165, 1.54) is 6.07 Å². The van der Waals surface area contributed by atoms with Gasteiger partial charge in [-0.05, 0) is 23.4 Å². The molecule has 0 unspecified atom stereocenters. The van der Waals surface area contributed by atoms with Gasteiger partial charge in [-0.1, -0.05) is 38.1 Å². The molecule has 0 saturated heterocycles. The van der Waals surface area contributed by atoms with Crippen molar-refractivity contribution in [3.8, 4) is 0 Å². The van der Waals surface area contributed by atoms with Crippen LogP contribution in [0.1, 0.15) is 35.1 Å². The summed E-state index contributed by atoms with van der Waals surface area (Å²) in [4.78, 5) is 28.5. The minimum atomic E-state index is -0.272. The van der Waals surface area contributed by atoms with Crippen LogP contribution in [0.2, 0.25) is 0 Å². The zero-order valence-corrected chi connectivity index (χ0v) is 13.8. The second-order valence-electron chi connectivity index (χ2n) is 5.80. The van der Waals surface area contributed by atoms with Crippen molar-refractivity contribution in [3.05, 3.63) is 68.6 Å². The molecule has 1 atom stereocenters. The van der Waals surface area contributed by atoms with Gasteiger partial charge in [0, 0.05) is 21.8 Å². The average molecular weight is 326 g/mol. The zero-order valence-electron chi connectivity index (χ0n) is 13.0. The number of benzene rings is 1. The molecule has 2 N–H and O–H groups in total. The third-order valence-electron chi connectivity index (χ3n) is 3.80. The summed E-state index contributed by atoms with van der Waals surface area (Å²) in [6.07, 6.45) is 0. The number of pyridine rings is 1. The molecule has 3 rings (SSSR count). The van der Waals surface area contributed by atoms with E-state index in [1.807, 2.05) is 35.7 Å². The van der Waals surface area contributed by atoms with E-state index in [9.17, 15) is 9.59 Å². The number of nitrogens with one attached hydrogen (secondary N) is 2. The van der Waals surface area contributed by atoms with E-state index in [2.05, 4.69) is 24.1 Å². The summed E-state index contributed by atoms with van der Waals surface area (Å²) in [6, 6.07) is 12.6. The fourth-order valence-corrected chi connectivity index (χ4v) is 3.60. The average Bonchev–Trinajstić information content (AvgIpc) is 3.05. The minimum absolute atomic E-state index is 0.0689. The number of fused-ring (bicyclic) bond motifs is 1. The van der Waals surface area contributed by atoms with Crippen LogP contribution in [-0.4, -0.2) is 10.9 Å². The van der Waals surface area contributed by atoms with Crippen molar-refractivity contribution >= 4 is 28.1 Å². The van der Waals surface area contributed by atoms with E-state index >= 15 is 0 Å². The predicted octanol–water partition coefficient (Wildman–Crippen LogP) is 3.72. The van der Waals surface area contributed by atoms with Crippen LogP contribution in [0, 0.1) is 5.92 Å². The summed E-state index contributed by atoms with van der Waals surface area (Å²) < 4.78 is 0. The highest BCUT2D eigenvalue weighted by atomic mass is 32.1. The number of hydrogen-bond acceptors (Lipinski definition) is 3. The first-order chi connectivity index (χ1) is 11.1. The molecule has 3 aromatic rings. The standard InChI is InChI=1S/C18H18N2O2S/c1-11(2)17(15-8-5-9-23-15)20-18(22)13-10-16(21)19-14-7-4-3-6-12(13)14/h3-11,17H,1-2H3,(H,19,21)(H,20,22)/t17-/m1/s1. The van der Waals surface area contributed by atoms with Crippen molar-refractivity contribution in [1.82, 2.24) is 10.3 Å². The lowest BCUT2D eigenvalue weighted by atomic mass is 10.0. The smallest absolute Gasteiger partial charge is 0.252 e. The Balaban J connectivity index is 1.99. The normalized spacial score (nSPS) is 12.5. The van der Waals surface area contributed by atoms with Crippen molar-refractivity contribution in [3.63, 3.8) is 0 Å². The first-order valence-corrected chi connectivity index (χ1v) is 8.40. The van der Waals surface area contributed by atoms with Crippen molar-refractivity contribution in [2.24, 2.45) is 5.92 Å². The van der Waals surface area contributed by atoms with Crippen molar-refractivity contribution in [2.45, 2.75) is 19.9 Å². The molecule has 0 aliphatic rings. The summed E-state index contributed by atoms with van der Waals surface area (Å²) in [7, 11) is 0. The fourth-order valence-electron chi connectivity index (χ4n) is 2.65. The first kappa shape index (κ1) is 15.5. The van der Waals surface area contributed by atoms with Gasteiger partial charge in [0.05, 0.1) is 11.6 Å².